The molecule has 0 spiro atoms. The van der Waals surface area contributed by atoms with Crippen LogP contribution in [0.25, 0.3) is 0 Å². The molecule has 0 unspecified atom stereocenters. The summed E-state index contributed by atoms with van der Waals surface area (Å²) < 4.78 is 0.914. The molecular formula is C15H17BrN2. The molecular weight excluding hydrogens is 288 g/mol. The maximum Gasteiger partial charge on any atom is 0.101 e. The first kappa shape index (κ1) is 14.7. The van der Waals surface area contributed by atoms with Crippen LogP contribution in [0.1, 0.15) is 48.9 Å². The fourth-order valence-electron chi connectivity index (χ4n) is 2.16. The summed E-state index contributed by atoms with van der Waals surface area (Å²) in [5.41, 5.74) is 3.91. The van der Waals surface area contributed by atoms with Gasteiger partial charge in [0, 0.05) is 4.47 Å². The minimum Gasteiger partial charge on any atom is -0.198 e. The Morgan fingerprint density at radius 1 is 1.11 bits per heavy atom. The summed E-state index contributed by atoms with van der Waals surface area (Å²) in [6, 6.07) is 6.57. The van der Waals surface area contributed by atoms with Gasteiger partial charge in [-0.1, -0.05) is 32.8 Å². The Labute approximate surface area is 117 Å². The molecule has 0 saturated carbocycles. The molecule has 0 radical (unpaired) electrons. The van der Waals surface area contributed by atoms with Crippen LogP contribution >= 0.6 is 15.9 Å². The highest BCUT2D eigenvalue weighted by Gasteiger charge is 2.15. The minimum atomic E-state index is 0.383. The van der Waals surface area contributed by atoms with Crippen LogP contribution in [0.2, 0.25) is 0 Å². The van der Waals surface area contributed by atoms with Crippen molar-refractivity contribution in [3.05, 3.63) is 32.8 Å². The van der Waals surface area contributed by atoms with Gasteiger partial charge < -0.3 is 0 Å². The number of hydrogen-bond acceptors (Lipinski definition) is 2. The Balaban J connectivity index is 3.44. The largest absolute Gasteiger partial charge is 0.198 e. The number of hydrogen-bond donors (Lipinski definition) is 0. The van der Waals surface area contributed by atoms with Crippen molar-refractivity contribution in [3.63, 3.8) is 0 Å². The van der Waals surface area contributed by atoms with Crippen molar-refractivity contribution in [1.29, 1.82) is 10.5 Å². The van der Waals surface area contributed by atoms with Crippen molar-refractivity contribution >= 4 is 15.9 Å². The summed E-state index contributed by atoms with van der Waals surface area (Å²) in [4.78, 5) is 0. The highest BCUT2D eigenvalue weighted by Crippen LogP contribution is 2.30. The highest BCUT2D eigenvalue weighted by atomic mass is 79.9. The summed E-state index contributed by atoms with van der Waals surface area (Å²) in [5, 5.41) is 18.3. The lowest BCUT2D eigenvalue weighted by atomic mass is 9.92. The predicted octanol–water partition coefficient (Wildman–Crippen LogP) is 4.29. The molecule has 0 aliphatic carbocycles. The average molecular weight is 305 g/mol. The quantitative estimate of drug-likeness (QED) is 0.814. The van der Waals surface area contributed by atoms with Crippen LogP contribution in [-0.2, 0) is 19.3 Å². The van der Waals surface area contributed by atoms with Gasteiger partial charge in [0.25, 0.3) is 0 Å². The average Bonchev–Trinajstić information content (AvgIpc) is 2.36. The van der Waals surface area contributed by atoms with Gasteiger partial charge in [0.2, 0.25) is 0 Å². The zero-order valence-electron chi connectivity index (χ0n) is 10.9. The SMILES string of the molecule is CCCc1cc(CC#N)c(CCC)c(C#N)c1Br. The van der Waals surface area contributed by atoms with E-state index in [1.807, 2.05) is 0 Å². The van der Waals surface area contributed by atoms with E-state index in [9.17, 15) is 5.26 Å². The summed E-state index contributed by atoms with van der Waals surface area (Å²) in [6.07, 6.45) is 4.17. The Kier molecular flexibility index (Phi) is 5.89. The molecule has 0 atom stereocenters. The van der Waals surface area contributed by atoms with Gasteiger partial charge in [0.15, 0.2) is 0 Å². The molecule has 0 N–H and O–H groups in total. The summed E-state index contributed by atoms with van der Waals surface area (Å²) >= 11 is 3.54. The van der Waals surface area contributed by atoms with Gasteiger partial charge in [-0.05, 0) is 45.5 Å². The zero-order chi connectivity index (χ0) is 13.5. The standard InChI is InChI=1S/C15H17BrN2/c1-3-5-12-9-11(7-8-17)13(6-4-2)14(10-18)15(12)16/h9H,3-7H2,1-2H3. The summed E-state index contributed by atoms with van der Waals surface area (Å²) in [5.74, 6) is 0. The van der Waals surface area contributed by atoms with Gasteiger partial charge in [-0.2, -0.15) is 10.5 Å². The summed E-state index contributed by atoms with van der Waals surface area (Å²) in [7, 11) is 0. The Hall–Kier alpha value is -1.32. The topological polar surface area (TPSA) is 47.6 Å². The highest BCUT2D eigenvalue weighted by molar-refractivity contribution is 9.10. The van der Waals surface area contributed by atoms with Crippen LogP contribution in [0, 0.1) is 22.7 Å². The van der Waals surface area contributed by atoms with E-state index < -0.39 is 0 Å². The second-order valence-corrected chi connectivity index (χ2v) is 5.10. The van der Waals surface area contributed by atoms with E-state index in [0.717, 1.165) is 46.8 Å². The molecule has 0 aliphatic heterocycles. The molecule has 0 aliphatic rings. The Morgan fingerprint density at radius 2 is 1.78 bits per heavy atom. The lowest BCUT2D eigenvalue weighted by molar-refractivity contribution is 0.881. The smallest absolute Gasteiger partial charge is 0.101 e. The van der Waals surface area contributed by atoms with Crippen LogP contribution in [0.4, 0.5) is 0 Å². The van der Waals surface area contributed by atoms with Gasteiger partial charge in [-0.3, -0.25) is 0 Å². The third-order valence-corrected chi connectivity index (χ3v) is 3.85. The molecule has 0 heterocycles. The van der Waals surface area contributed by atoms with E-state index in [1.165, 1.54) is 0 Å². The second kappa shape index (κ2) is 7.19. The minimum absolute atomic E-state index is 0.383. The third-order valence-electron chi connectivity index (χ3n) is 2.94. The zero-order valence-corrected chi connectivity index (χ0v) is 12.5. The van der Waals surface area contributed by atoms with Crippen molar-refractivity contribution in [2.24, 2.45) is 0 Å². The van der Waals surface area contributed by atoms with E-state index in [4.69, 9.17) is 5.26 Å². The molecule has 1 rings (SSSR count). The molecule has 18 heavy (non-hydrogen) atoms. The van der Waals surface area contributed by atoms with Crippen LogP contribution < -0.4 is 0 Å². The Bertz CT molecular complexity index is 507. The monoisotopic (exact) mass is 304 g/mol. The number of aryl methyl sites for hydroxylation is 1. The van der Waals surface area contributed by atoms with Crippen LogP contribution in [-0.4, -0.2) is 0 Å². The van der Waals surface area contributed by atoms with Crippen molar-refractivity contribution in [1.82, 2.24) is 0 Å². The number of nitriles is 2. The van der Waals surface area contributed by atoms with E-state index in [1.54, 1.807) is 0 Å². The molecule has 94 valence electrons. The van der Waals surface area contributed by atoms with Gasteiger partial charge in [0.05, 0.1) is 18.1 Å². The maximum absolute atomic E-state index is 9.35. The van der Waals surface area contributed by atoms with E-state index >= 15 is 0 Å². The van der Waals surface area contributed by atoms with Crippen molar-refractivity contribution in [3.8, 4) is 12.1 Å². The predicted molar refractivity (Wildman–Crippen MR) is 76.2 cm³/mol. The normalized spacial score (nSPS) is 9.83. The van der Waals surface area contributed by atoms with Crippen molar-refractivity contribution in [2.45, 2.75) is 46.0 Å². The van der Waals surface area contributed by atoms with E-state index in [0.29, 0.717) is 12.0 Å². The van der Waals surface area contributed by atoms with Gasteiger partial charge in [-0.15, -0.1) is 0 Å². The molecule has 0 amide bonds. The summed E-state index contributed by atoms with van der Waals surface area (Å²) in [6.45, 7) is 4.20. The van der Waals surface area contributed by atoms with Crippen molar-refractivity contribution < 1.29 is 0 Å². The number of halogens is 1. The number of rotatable bonds is 5. The van der Waals surface area contributed by atoms with Crippen LogP contribution in [0.3, 0.4) is 0 Å². The lowest BCUT2D eigenvalue weighted by Crippen LogP contribution is -2.02. The maximum atomic E-state index is 9.35. The van der Waals surface area contributed by atoms with Gasteiger partial charge in [0.1, 0.15) is 6.07 Å². The first-order valence-electron chi connectivity index (χ1n) is 6.29. The first-order valence-corrected chi connectivity index (χ1v) is 7.08. The molecule has 0 fully saturated rings. The number of benzene rings is 1. The molecule has 0 saturated heterocycles. The first-order chi connectivity index (χ1) is 8.69. The lowest BCUT2D eigenvalue weighted by Gasteiger charge is -2.14. The van der Waals surface area contributed by atoms with E-state index in [2.05, 4.69) is 48.0 Å². The molecule has 1 aromatic rings. The fourth-order valence-corrected chi connectivity index (χ4v) is 2.80. The molecule has 2 nitrogen and oxygen atoms in total. The van der Waals surface area contributed by atoms with Gasteiger partial charge in [-0.25, -0.2) is 0 Å². The van der Waals surface area contributed by atoms with Gasteiger partial charge >= 0.3 is 0 Å². The molecule has 0 aromatic heterocycles. The molecule has 1 aromatic carbocycles. The molecule has 0 bridgehead atoms. The van der Waals surface area contributed by atoms with Crippen LogP contribution in [0.5, 0.6) is 0 Å². The van der Waals surface area contributed by atoms with E-state index in [-0.39, 0.29) is 0 Å². The number of nitrogens with zero attached hydrogens (tertiary/aromatic N) is 2. The second-order valence-electron chi connectivity index (χ2n) is 4.31. The third kappa shape index (κ3) is 3.12. The van der Waals surface area contributed by atoms with Crippen molar-refractivity contribution in [2.75, 3.05) is 0 Å². The van der Waals surface area contributed by atoms with Crippen LogP contribution in [0.15, 0.2) is 10.5 Å². The molecule has 3 heteroatoms. The fraction of sp³-hybridized carbons (Fsp3) is 0.467. The Morgan fingerprint density at radius 3 is 2.28 bits per heavy atom.